The normalized spacial score (nSPS) is 18.6. The predicted molar refractivity (Wildman–Crippen MR) is 145 cm³/mol. The van der Waals surface area contributed by atoms with Gasteiger partial charge >= 0.3 is 0 Å². The number of nitrogens with one attached hydrogen (secondary N) is 1. The molecule has 2 aliphatic heterocycles. The number of hydrogen-bond acceptors (Lipinski definition) is 3. The number of aromatic amines is 1. The zero-order valence-electron chi connectivity index (χ0n) is 21.2. The molecule has 1 atom stereocenters. The number of benzene rings is 2. The predicted octanol–water partition coefficient (Wildman–Crippen LogP) is 6.63. The lowest BCUT2D eigenvalue weighted by Gasteiger charge is -2.40. The summed E-state index contributed by atoms with van der Waals surface area (Å²) in [5, 5.41) is 1.22. The van der Waals surface area contributed by atoms with E-state index in [0.29, 0.717) is 17.7 Å². The van der Waals surface area contributed by atoms with Gasteiger partial charge in [0.2, 0.25) is 0 Å². The number of halogens is 3. The number of alkyl halides is 1. The summed E-state index contributed by atoms with van der Waals surface area (Å²) in [4.78, 5) is 8.09. The summed E-state index contributed by atoms with van der Waals surface area (Å²) in [6.07, 6.45) is 4.40. The number of ether oxygens (including phenoxy) is 1. The van der Waals surface area contributed by atoms with Crippen LogP contribution < -0.4 is 4.74 Å². The van der Waals surface area contributed by atoms with E-state index in [0.717, 1.165) is 61.5 Å². The Morgan fingerprint density at radius 3 is 2.65 bits per heavy atom. The maximum Gasteiger partial charge on any atom is 0.132 e. The number of likely N-dealkylation sites (tertiary alicyclic amines) is 1. The number of rotatable bonds is 7. The van der Waals surface area contributed by atoms with Gasteiger partial charge in [0.25, 0.3) is 0 Å². The van der Waals surface area contributed by atoms with E-state index in [9.17, 15) is 4.39 Å². The first-order chi connectivity index (χ1) is 17.6. The second-order valence-corrected chi connectivity index (χ2v) is 9.59. The van der Waals surface area contributed by atoms with Gasteiger partial charge in [-0.3, -0.25) is 14.0 Å². The third kappa shape index (κ3) is 4.94. The average molecular weight is 512 g/mol. The first kappa shape index (κ1) is 26.6. The van der Waals surface area contributed by atoms with Gasteiger partial charge in [-0.1, -0.05) is 18.2 Å². The van der Waals surface area contributed by atoms with Crippen LogP contribution in [0.5, 0.6) is 5.75 Å². The molecular formula is C30H36F3N3O. The Labute approximate surface area is 217 Å². The van der Waals surface area contributed by atoms with Gasteiger partial charge in [-0.2, -0.15) is 0 Å². The average Bonchev–Trinajstić information content (AvgIpc) is 3.20. The maximum absolute atomic E-state index is 15.8. The zero-order chi connectivity index (χ0) is 25.2. The van der Waals surface area contributed by atoms with E-state index in [-0.39, 0.29) is 30.8 Å². The fourth-order valence-electron chi connectivity index (χ4n) is 5.62. The van der Waals surface area contributed by atoms with E-state index in [1.165, 1.54) is 17.0 Å². The van der Waals surface area contributed by atoms with Crippen molar-refractivity contribution in [2.45, 2.75) is 38.3 Å². The van der Waals surface area contributed by atoms with E-state index in [1.54, 1.807) is 0 Å². The molecule has 0 radical (unpaired) electrons. The molecule has 1 N–H and O–H groups in total. The highest BCUT2D eigenvalue weighted by atomic mass is 19.1. The van der Waals surface area contributed by atoms with Crippen molar-refractivity contribution in [3.05, 3.63) is 95.3 Å². The van der Waals surface area contributed by atoms with Crippen LogP contribution in [0.2, 0.25) is 0 Å². The molecule has 1 saturated heterocycles. The van der Waals surface area contributed by atoms with Gasteiger partial charge in [0.15, 0.2) is 0 Å². The quantitative estimate of drug-likeness (QED) is 0.285. The molecule has 0 saturated carbocycles. The highest BCUT2D eigenvalue weighted by Crippen LogP contribution is 2.44. The minimum Gasteiger partial charge on any atom is -0.488 e. The Bertz CT molecular complexity index is 1300. The highest BCUT2D eigenvalue weighted by Gasteiger charge is 2.36. The molecule has 3 aliphatic rings. The van der Waals surface area contributed by atoms with Crippen LogP contribution in [0.3, 0.4) is 0 Å². The van der Waals surface area contributed by atoms with E-state index in [4.69, 9.17) is 4.74 Å². The van der Waals surface area contributed by atoms with E-state index < -0.39 is 0 Å². The monoisotopic (exact) mass is 511 g/mol. The standard InChI is InChI=1S/C28H29F2N3O.C2H4.FH.H2/c1-18-14-20(34-21-16-32(17-21)12-5-11-29)15-24(30)26(18)28-27-23(10-13-33(28)19-6-4-7-19)22-8-2-3-9-25(22)31-27;1-2;;/h2-4,8-9,14-15,21,28,31H,5-6,10-13,16-17H2,1H3;1-2H2;2*1H/t28-;;;/m1.../s1. The lowest BCUT2D eigenvalue weighted by Crippen LogP contribution is -2.53. The van der Waals surface area contributed by atoms with Crippen molar-refractivity contribution < 1.29 is 19.6 Å². The van der Waals surface area contributed by atoms with Crippen molar-refractivity contribution in [3.8, 4) is 5.75 Å². The number of nitrogens with zero attached hydrogens (tertiary/aromatic N) is 2. The van der Waals surface area contributed by atoms with Crippen molar-refractivity contribution in [3.63, 3.8) is 0 Å². The van der Waals surface area contributed by atoms with E-state index in [1.807, 2.05) is 25.1 Å². The van der Waals surface area contributed by atoms with Gasteiger partial charge < -0.3 is 14.6 Å². The Hall–Kier alpha value is -3.41. The Kier molecular flexibility index (Phi) is 8.16. The topological polar surface area (TPSA) is 31.5 Å². The molecule has 6 rings (SSSR count). The van der Waals surface area contributed by atoms with Crippen LogP contribution >= 0.6 is 0 Å². The fourth-order valence-corrected chi connectivity index (χ4v) is 5.62. The molecule has 3 aromatic rings. The molecule has 4 nitrogen and oxygen atoms in total. The molecule has 3 heterocycles. The minimum atomic E-state index is -0.295. The lowest BCUT2D eigenvalue weighted by atomic mass is 9.88. The number of hydrogen-bond donors (Lipinski definition) is 1. The molecule has 0 bridgehead atoms. The second kappa shape index (κ2) is 11.3. The number of para-hydroxylation sites is 1. The summed E-state index contributed by atoms with van der Waals surface area (Å²) < 4.78 is 34.3. The first-order valence-electron chi connectivity index (χ1n) is 12.7. The van der Waals surface area contributed by atoms with Crippen LogP contribution in [-0.4, -0.2) is 53.7 Å². The molecule has 198 valence electrons. The highest BCUT2D eigenvalue weighted by molar-refractivity contribution is 5.85. The van der Waals surface area contributed by atoms with Crippen LogP contribution in [0.25, 0.3) is 10.9 Å². The van der Waals surface area contributed by atoms with E-state index in [2.05, 4.69) is 51.9 Å². The molecule has 0 unspecified atom stereocenters. The Morgan fingerprint density at radius 2 is 1.97 bits per heavy atom. The summed E-state index contributed by atoms with van der Waals surface area (Å²) in [5.74, 6) is 0.324. The molecule has 1 aliphatic carbocycles. The Balaban J connectivity index is 0.000000978. The largest absolute Gasteiger partial charge is 0.488 e. The van der Waals surface area contributed by atoms with Crippen LogP contribution in [0.15, 0.2) is 67.1 Å². The van der Waals surface area contributed by atoms with Crippen molar-refractivity contribution in [1.82, 2.24) is 14.8 Å². The van der Waals surface area contributed by atoms with E-state index >= 15 is 4.39 Å². The molecule has 2 aromatic carbocycles. The van der Waals surface area contributed by atoms with Crippen LogP contribution in [0.4, 0.5) is 13.5 Å². The summed E-state index contributed by atoms with van der Waals surface area (Å²) in [5.41, 5.74) is 9.48. The van der Waals surface area contributed by atoms with Crippen molar-refractivity contribution in [2.75, 3.05) is 32.9 Å². The van der Waals surface area contributed by atoms with Crippen molar-refractivity contribution in [2.24, 2.45) is 0 Å². The maximum atomic E-state index is 15.8. The molecule has 7 heteroatoms. The summed E-state index contributed by atoms with van der Waals surface area (Å²) in [6, 6.07) is 11.6. The SMILES string of the molecule is C=C.Cc1cc(OC2CN(CCCF)C2)cc(F)c1[C@@H]1c2[nH]c3ccccc3c2CCN1C1=C=CC1.F.[HH]. The van der Waals surface area contributed by atoms with Gasteiger partial charge in [-0.15, -0.1) is 18.9 Å². The number of fused-ring (bicyclic) bond motifs is 3. The molecular weight excluding hydrogens is 475 g/mol. The summed E-state index contributed by atoms with van der Waals surface area (Å²) in [6.45, 7) is 10.8. The summed E-state index contributed by atoms with van der Waals surface area (Å²) in [7, 11) is 0. The smallest absolute Gasteiger partial charge is 0.132 e. The van der Waals surface area contributed by atoms with Crippen molar-refractivity contribution >= 4 is 10.9 Å². The van der Waals surface area contributed by atoms with Crippen LogP contribution in [0.1, 0.15) is 42.7 Å². The summed E-state index contributed by atoms with van der Waals surface area (Å²) >= 11 is 0. The molecule has 1 aromatic heterocycles. The number of H-pyrrole nitrogens is 1. The molecule has 0 amide bonds. The Morgan fingerprint density at radius 1 is 1.22 bits per heavy atom. The van der Waals surface area contributed by atoms with Gasteiger partial charge in [0, 0.05) is 62.3 Å². The molecule has 1 fully saturated rings. The minimum absolute atomic E-state index is 0. The van der Waals surface area contributed by atoms with Gasteiger partial charge in [0.1, 0.15) is 17.7 Å². The lowest BCUT2D eigenvalue weighted by molar-refractivity contribution is 0.0182. The molecule has 37 heavy (non-hydrogen) atoms. The molecule has 0 spiro atoms. The van der Waals surface area contributed by atoms with Gasteiger partial charge in [0.05, 0.1) is 18.4 Å². The third-order valence-electron chi connectivity index (χ3n) is 7.36. The fraction of sp³-hybridized carbons (Fsp3) is 0.367. The van der Waals surface area contributed by atoms with Crippen LogP contribution in [0, 0.1) is 12.7 Å². The second-order valence-electron chi connectivity index (χ2n) is 9.59. The number of aromatic nitrogens is 1. The van der Waals surface area contributed by atoms with Crippen molar-refractivity contribution in [1.29, 1.82) is 0 Å². The third-order valence-corrected chi connectivity index (χ3v) is 7.36. The zero-order valence-corrected chi connectivity index (χ0v) is 21.2. The van der Waals surface area contributed by atoms with Gasteiger partial charge in [-0.25, -0.2) is 4.39 Å². The van der Waals surface area contributed by atoms with Gasteiger partial charge in [-0.05, 0) is 49.1 Å². The van der Waals surface area contributed by atoms with Crippen LogP contribution in [-0.2, 0) is 6.42 Å². The first-order valence-corrected chi connectivity index (χ1v) is 12.7. The number of aryl methyl sites for hydroxylation is 1.